The van der Waals surface area contributed by atoms with Crippen molar-refractivity contribution < 1.29 is 19.2 Å². The molecule has 1 aliphatic carbocycles. The van der Waals surface area contributed by atoms with Gasteiger partial charge >= 0.3 is 5.69 Å². The molecule has 1 N–H and O–H groups in total. The molecule has 2 atom stereocenters. The van der Waals surface area contributed by atoms with Crippen LogP contribution in [0.2, 0.25) is 0 Å². The summed E-state index contributed by atoms with van der Waals surface area (Å²) in [7, 11) is 0. The molecule has 0 radical (unpaired) electrons. The second-order valence-corrected chi connectivity index (χ2v) is 4.00. The van der Waals surface area contributed by atoms with Gasteiger partial charge in [0.1, 0.15) is 6.10 Å². The molecule has 0 amide bonds. The molecule has 1 fully saturated rings. The van der Waals surface area contributed by atoms with Crippen molar-refractivity contribution in [1.29, 1.82) is 0 Å². The predicted octanol–water partition coefficient (Wildman–Crippen LogP) is 2.03. The first-order valence-electron chi connectivity index (χ1n) is 5.37. The Labute approximate surface area is 97.0 Å². The van der Waals surface area contributed by atoms with Gasteiger partial charge in [-0.25, -0.2) is 4.39 Å². The fourth-order valence-electron chi connectivity index (χ4n) is 1.95. The molecule has 0 unspecified atom stereocenters. The van der Waals surface area contributed by atoms with E-state index in [9.17, 15) is 19.6 Å². The maximum atomic E-state index is 13.5. The first-order valence-corrected chi connectivity index (χ1v) is 5.37. The predicted molar refractivity (Wildman–Crippen MR) is 57.3 cm³/mol. The second kappa shape index (κ2) is 4.67. The Kier molecular flexibility index (Phi) is 3.23. The fraction of sp³-hybridized carbons (Fsp3) is 0.455. The van der Waals surface area contributed by atoms with Crippen molar-refractivity contribution in [1.82, 2.24) is 0 Å². The van der Waals surface area contributed by atoms with Crippen LogP contribution in [0.15, 0.2) is 18.2 Å². The molecule has 0 bridgehead atoms. The molecule has 1 aromatic carbocycles. The Morgan fingerprint density at radius 3 is 2.82 bits per heavy atom. The molecule has 92 valence electrons. The largest absolute Gasteiger partial charge is 0.479 e. The molecule has 0 spiro atoms. The SMILES string of the molecule is O=[N+]([O-])c1cccc(F)c1O[C@H]1CCC[C@@H]1O. The maximum absolute atomic E-state index is 13.5. The Bertz CT molecular complexity index is 437. The molecule has 5 nitrogen and oxygen atoms in total. The van der Waals surface area contributed by atoms with Crippen LogP contribution in [0.25, 0.3) is 0 Å². The van der Waals surface area contributed by atoms with Crippen LogP contribution < -0.4 is 4.74 Å². The summed E-state index contributed by atoms with van der Waals surface area (Å²) in [6.45, 7) is 0. The molecule has 1 aliphatic rings. The molecule has 6 heteroatoms. The Balaban J connectivity index is 2.27. The number of nitrogens with zero attached hydrogens (tertiary/aromatic N) is 1. The van der Waals surface area contributed by atoms with Gasteiger partial charge in [-0.05, 0) is 25.3 Å². The zero-order chi connectivity index (χ0) is 12.4. The Morgan fingerprint density at radius 2 is 2.24 bits per heavy atom. The lowest BCUT2D eigenvalue weighted by molar-refractivity contribution is -0.386. The Hall–Kier alpha value is -1.69. The van der Waals surface area contributed by atoms with Crippen molar-refractivity contribution in [3.8, 4) is 5.75 Å². The van der Waals surface area contributed by atoms with E-state index < -0.39 is 28.6 Å². The molecule has 0 aromatic heterocycles. The third-order valence-electron chi connectivity index (χ3n) is 2.83. The van der Waals surface area contributed by atoms with Crippen LogP contribution in [0.4, 0.5) is 10.1 Å². The van der Waals surface area contributed by atoms with Gasteiger partial charge in [0, 0.05) is 6.07 Å². The number of nitro benzene ring substituents is 1. The number of benzene rings is 1. The molecular weight excluding hydrogens is 229 g/mol. The minimum Gasteiger partial charge on any atom is -0.479 e. The quantitative estimate of drug-likeness (QED) is 0.649. The summed E-state index contributed by atoms with van der Waals surface area (Å²) in [4.78, 5) is 10.0. The van der Waals surface area contributed by atoms with Gasteiger partial charge in [0.2, 0.25) is 5.75 Å². The van der Waals surface area contributed by atoms with Gasteiger partial charge in [-0.15, -0.1) is 0 Å². The van der Waals surface area contributed by atoms with E-state index in [-0.39, 0.29) is 5.75 Å². The van der Waals surface area contributed by atoms with Gasteiger partial charge in [-0.1, -0.05) is 6.07 Å². The van der Waals surface area contributed by atoms with Gasteiger partial charge in [0.15, 0.2) is 5.82 Å². The first-order chi connectivity index (χ1) is 8.09. The summed E-state index contributed by atoms with van der Waals surface area (Å²) in [5.74, 6) is -1.17. The third-order valence-corrected chi connectivity index (χ3v) is 2.83. The van der Waals surface area contributed by atoms with Crippen molar-refractivity contribution in [3.63, 3.8) is 0 Å². The Morgan fingerprint density at radius 1 is 1.47 bits per heavy atom. The number of para-hydroxylation sites is 1. The number of aliphatic hydroxyl groups is 1. The highest BCUT2D eigenvalue weighted by Gasteiger charge is 2.30. The smallest absolute Gasteiger partial charge is 0.314 e. The highest BCUT2D eigenvalue weighted by Crippen LogP contribution is 2.33. The lowest BCUT2D eigenvalue weighted by atomic mass is 10.2. The molecule has 1 saturated carbocycles. The molecule has 0 heterocycles. The molecule has 0 aliphatic heterocycles. The highest BCUT2D eigenvalue weighted by molar-refractivity contribution is 5.47. The molecule has 1 aromatic rings. The summed E-state index contributed by atoms with van der Waals surface area (Å²) in [5, 5.41) is 20.3. The van der Waals surface area contributed by atoms with Crippen LogP contribution in [0, 0.1) is 15.9 Å². The van der Waals surface area contributed by atoms with E-state index in [1.807, 2.05) is 0 Å². The monoisotopic (exact) mass is 241 g/mol. The van der Waals surface area contributed by atoms with Gasteiger partial charge in [0.05, 0.1) is 11.0 Å². The number of aliphatic hydroxyl groups excluding tert-OH is 1. The van der Waals surface area contributed by atoms with Crippen molar-refractivity contribution in [2.75, 3.05) is 0 Å². The molecule has 2 rings (SSSR count). The van der Waals surface area contributed by atoms with E-state index in [4.69, 9.17) is 4.74 Å². The van der Waals surface area contributed by atoms with Gasteiger partial charge in [-0.2, -0.15) is 0 Å². The summed E-state index contributed by atoms with van der Waals surface area (Å²) >= 11 is 0. The van der Waals surface area contributed by atoms with E-state index in [0.717, 1.165) is 12.5 Å². The van der Waals surface area contributed by atoms with Crippen LogP contribution in [0.5, 0.6) is 5.75 Å². The normalized spacial score (nSPS) is 23.6. The maximum Gasteiger partial charge on any atom is 0.314 e. The number of hydrogen-bond donors (Lipinski definition) is 1. The fourth-order valence-corrected chi connectivity index (χ4v) is 1.95. The van der Waals surface area contributed by atoms with E-state index in [1.54, 1.807) is 0 Å². The zero-order valence-corrected chi connectivity index (χ0v) is 9.01. The minimum absolute atomic E-state index is 0.386. The molecule has 0 saturated heterocycles. The number of rotatable bonds is 3. The van der Waals surface area contributed by atoms with Gasteiger partial charge < -0.3 is 9.84 Å². The van der Waals surface area contributed by atoms with Crippen LogP contribution in [0.3, 0.4) is 0 Å². The van der Waals surface area contributed by atoms with Gasteiger partial charge in [0.25, 0.3) is 0 Å². The number of halogens is 1. The van der Waals surface area contributed by atoms with E-state index >= 15 is 0 Å². The van der Waals surface area contributed by atoms with Crippen LogP contribution in [0.1, 0.15) is 19.3 Å². The van der Waals surface area contributed by atoms with Crippen molar-refractivity contribution in [2.24, 2.45) is 0 Å². The van der Waals surface area contributed by atoms with Crippen LogP contribution in [-0.4, -0.2) is 22.2 Å². The highest BCUT2D eigenvalue weighted by atomic mass is 19.1. The van der Waals surface area contributed by atoms with Crippen molar-refractivity contribution in [3.05, 3.63) is 34.1 Å². The van der Waals surface area contributed by atoms with Crippen LogP contribution in [-0.2, 0) is 0 Å². The lowest BCUT2D eigenvalue weighted by Crippen LogP contribution is -2.26. The standard InChI is InChI=1S/C11H12FNO4/c12-7-3-1-4-8(13(15)16)11(7)17-10-6-2-5-9(10)14/h1,3-4,9-10,14H,2,5-6H2/t9-,10-/m0/s1. The minimum atomic E-state index is -0.779. The topological polar surface area (TPSA) is 72.6 Å². The first kappa shape index (κ1) is 11.8. The van der Waals surface area contributed by atoms with E-state index in [0.29, 0.717) is 12.8 Å². The summed E-state index contributed by atoms with van der Waals surface area (Å²) in [6.07, 6.45) is 0.674. The number of nitro groups is 1. The zero-order valence-electron chi connectivity index (χ0n) is 9.01. The number of hydrogen-bond acceptors (Lipinski definition) is 4. The average Bonchev–Trinajstić information content (AvgIpc) is 2.67. The van der Waals surface area contributed by atoms with Crippen molar-refractivity contribution in [2.45, 2.75) is 31.5 Å². The average molecular weight is 241 g/mol. The second-order valence-electron chi connectivity index (χ2n) is 4.00. The summed E-state index contributed by atoms with van der Waals surface area (Å²) in [5.41, 5.74) is -0.413. The summed E-state index contributed by atoms with van der Waals surface area (Å²) in [6, 6.07) is 3.54. The molecule has 17 heavy (non-hydrogen) atoms. The molecular formula is C11H12FNO4. The van der Waals surface area contributed by atoms with Crippen LogP contribution >= 0.6 is 0 Å². The lowest BCUT2D eigenvalue weighted by Gasteiger charge is -2.17. The number of ether oxygens (including phenoxy) is 1. The van der Waals surface area contributed by atoms with E-state index in [2.05, 4.69) is 0 Å². The van der Waals surface area contributed by atoms with Gasteiger partial charge in [-0.3, -0.25) is 10.1 Å². The third kappa shape index (κ3) is 2.36. The van der Waals surface area contributed by atoms with E-state index in [1.165, 1.54) is 12.1 Å². The summed E-state index contributed by atoms with van der Waals surface area (Å²) < 4.78 is 18.7. The van der Waals surface area contributed by atoms with Crippen molar-refractivity contribution >= 4 is 5.69 Å².